The summed E-state index contributed by atoms with van der Waals surface area (Å²) in [6, 6.07) is 14.9. The fourth-order valence-corrected chi connectivity index (χ4v) is 2.97. The second kappa shape index (κ2) is 6.60. The van der Waals surface area contributed by atoms with Crippen LogP contribution in [-0.2, 0) is 0 Å². The van der Waals surface area contributed by atoms with E-state index in [0.717, 1.165) is 10.2 Å². The van der Waals surface area contributed by atoms with Gasteiger partial charge in [0.1, 0.15) is 0 Å². The Hall–Kier alpha value is -0.770. The number of halogens is 1. The van der Waals surface area contributed by atoms with Gasteiger partial charge >= 0.3 is 0 Å². The number of hydrogen-bond donors (Lipinski definition) is 1. The lowest BCUT2D eigenvalue weighted by atomic mass is 10.0. The minimum atomic E-state index is 0.0768. The Morgan fingerprint density at radius 1 is 1.05 bits per heavy atom. The lowest BCUT2D eigenvalue weighted by Gasteiger charge is -2.13. The molecular formula is C16H18BrNS. The van der Waals surface area contributed by atoms with Crippen LogP contribution in [0.2, 0.25) is 0 Å². The zero-order chi connectivity index (χ0) is 13.8. The molecule has 0 spiro atoms. The molecule has 19 heavy (non-hydrogen) atoms. The Morgan fingerprint density at radius 2 is 1.74 bits per heavy atom. The van der Waals surface area contributed by atoms with E-state index >= 15 is 0 Å². The average Bonchev–Trinajstić information content (AvgIpc) is 2.41. The number of nitrogens with two attached hydrogens (primary N) is 1. The Bertz CT molecular complexity index is 551. The van der Waals surface area contributed by atoms with Crippen LogP contribution in [-0.4, -0.2) is 5.75 Å². The van der Waals surface area contributed by atoms with Crippen molar-refractivity contribution in [3.63, 3.8) is 0 Å². The molecule has 2 aromatic carbocycles. The summed E-state index contributed by atoms with van der Waals surface area (Å²) in [7, 11) is 0. The molecule has 1 unspecified atom stereocenters. The van der Waals surface area contributed by atoms with Crippen LogP contribution in [0.3, 0.4) is 0 Å². The van der Waals surface area contributed by atoms with Crippen LogP contribution in [0.5, 0.6) is 0 Å². The first-order valence-electron chi connectivity index (χ1n) is 6.27. The number of thioether (sulfide) groups is 1. The molecule has 0 fully saturated rings. The molecule has 1 nitrogen and oxygen atoms in total. The van der Waals surface area contributed by atoms with Crippen molar-refractivity contribution in [2.75, 3.05) is 5.75 Å². The van der Waals surface area contributed by atoms with E-state index in [1.807, 2.05) is 0 Å². The van der Waals surface area contributed by atoms with Gasteiger partial charge in [0.25, 0.3) is 0 Å². The molecule has 0 amide bonds. The Kier molecular flexibility index (Phi) is 5.08. The van der Waals surface area contributed by atoms with Gasteiger partial charge in [-0.05, 0) is 54.8 Å². The monoisotopic (exact) mass is 335 g/mol. The van der Waals surface area contributed by atoms with E-state index in [2.05, 4.69) is 72.2 Å². The number of hydrogen-bond acceptors (Lipinski definition) is 2. The van der Waals surface area contributed by atoms with E-state index in [9.17, 15) is 0 Å². The fraction of sp³-hybridized carbons (Fsp3) is 0.250. The third-order valence-corrected chi connectivity index (χ3v) is 4.86. The highest BCUT2D eigenvalue weighted by Gasteiger charge is 2.07. The second-order valence-corrected chi connectivity index (χ2v) is 6.72. The van der Waals surface area contributed by atoms with Crippen LogP contribution in [0.15, 0.2) is 51.8 Å². The van der Waals surface area contributed by atoms with Crippen molar-refractivity contribution in [3.05, 3.63) is 63.6 Å². The summed E-state index contributed by atoms with van der Waals surface area (Å²) in [6.07, 6.45) is 0. The van der Waals surface area contributed by atoms with E-state index in [0.29, 0.717) is 0 Å². The van der Waals surface area contributed by atoms with Crippen LogP contribution in [0, 0.1) is 13.8 Å². The molecule has 0 radical (unpaired) electrons. The van der Waals surface area contributed by atoms with Crippen molar-refractivity contribution >= 4 is 27.7 Å². The zero-order valence-corrected chi connectivity index (χ0v) is 13.6. The molecule has 3 heteroatoms. The van der Waals surface area contributed by atoms with Crippen molar-refractivity contribution in [1.29, 1.82) is 0 Å². The maximum absolute atomic E-state index is 6.26. The highest BCUT2D eigenvalue weighted by atomic mass is 79.9. The molecule has 0 aliphatic heterocycles. The maximum Gasteiger partial charge on any atom is 0.0390 e. The molecule has 0 aliphatic rings. The Morgan fingerprint density at radius 3 is 2.37 bits per heavy atom. The van der Waals surface area contributed by atoms with Gasteiger partial charge in [0, 0.05) is 21.2 Å². The van der Waals surface area contributed by atoms with Gasteiger partial charge in [-0.25, -0.2) is 0 Å². The van der Waals surface area contributed by atoms with Crippen molar-refractivity contribution < 1.29 is 0 Å². The van der Waals surface area contributed by atoms with Crippen LogP contribution < -0.4 is 5.73 Å². The fourth-order valence-electron chi connectivity index (χ4n) is 1.81. The predicted molar refractivity (Wildman–Crippen MR) is 87.7 cm³/mol. The normalized spacial score (nSPS) is 12.4. The number of rotatable bonds is 4. The third-order valence-electron chi connectivity index (χ3n) is 3.20. The van der Waals surface area contributed by atoms with E-state index in [-0.39, 0.29) is 6.04 Å². The van der Waals surface area contributed by atoms with Crippen LogP contribution in [0.1, 0.15) is 22.7 Å². The summed E-state index contributed by atoms with van der Waals surface area (Å²) in [5.41, 5.74) is 10.1. The molecule has 2 aromatic rings. The topological polar surface area (TPSA) is 26.0 Å². The number of aryl methyl sites for hydroxylation is 2. The Labute approximate surface area is 127 Å². The van der Waals surface area contributed by atoms with E-state index < -0.39 is 0 Å². The van der Waals surface area contributed by atoms with Gasteiger partial charge in [-0.3, -0.25) is 0 Å². The van der Waals surface area contributed by atoms with E-state index in [1.54, 1.807) is 11.8 Å². The largest absolute Gasteiger partial charge is 0.323 e. The van der Waals surface area contributed by atoms with Gasteiger partial charge < -0.3 is 5.73 Å². The van der Waals surface area contributed by atoms with Crippen molar-refractivity contribution in [1.82, 2.24) is 0 Å². The molecule has 0 saturated heterocycles. The highest BCUT2D eigenvalue weighted by Crippen LogP contribution is 2.25. The predicted octanol–water partition coefficient (Wildman–Crippen LogP) is 4.86. The molecule has 2 N–H and O–H groups in total. The molecule has 0 aliphatic carbocycles. The molecule has 100 valence electrons. The van der Waals surface area contributed by atoms with Gasteiger partial charge in [0.15, 0.2) is 0 Å². The maximum atomic E-state index is 6.26. The molecule has 0 saturated carbocycles. The first kappa shape index (κ1) is 14.6. The van der Waals surface area contributed by atoms with Crippen molar-refractivity contribution in [2.24, 2.45) is 5.73 Å². The van der Waals surface area contributed by atoms with Crippen LogP contribution >= 0.6 is 27.7 Å². The molecule has 2 rings (SSSR count). The lowest BCUT2D eigenvalue weighted by molar-refractivity contribution is 0.829. The van der Waals surface area contributed by atoms with Crippen molar-refractivity contribution in [2.45, 2.75) is 24.8 Å². The SMILES string of the molecule is Cc1ccc(C(N)CSc2ccc(Br)cc2)cc1C. The van der Waals surface area contributed by atoms with E-state index in [4.69, 9.17) is 5.73 Å². The van der Waals surface area contributed by atoms with Gasteiger partial charge in [-0.2, -0.15) is 0 Å². The molecule has 0 bridgehead atoms. The second-order valence-electron chi connectivity index (χ2n) is 4.72. The van der Waals surface area contributed by atoms with Crippen LogP contribution in [0.4, 0.5) is 0 Å². The van der Waals surface area contributed by atoms with Gasteiger partial charge in [0.05, 0.1) is 0 Å². The standard InChI is InChI=1S/C16H18BrNS/c1-11-3-4-13(9-12(11)2)16(18)10-19-15-7-5-14(17)6-8-15/h3-9,16H,10,18H2,1-2H3. The molecule has 0 aromatic heterocycles. The third kappa shape index (κ3) is 4.10. The quantitative estimate of drug-likeness (QED) is 0.807. The van der Waals surface area contributed by atoms with Gasteiger partial charge in [-0.15, -0.1) is 11.8 Å². The first-order valence-corrected chi connectivity index (χ1v) is 8.05. The first-order chi connectivity index (χ1) is 9.06. The minimum Gasteiger partial charge on any atom is -0.323 e. The summed E-state index contributed by atoms with van der Waals surface area (Å²) in [4.78, 5) is 1.25. The summed E-state index contributed by atoms with van der Waals surface area (Å²) < 4.78 is 1.11. The zero-order valence-electron chi connectivity index (χ0n) is 11.2. The average molecular weight is 336 g/mol. The van der Waals surface area contributed by atoms with Gasteiger partial charge in [-0.1, -0.05) is 34.1 Å². The molecule has 0 heterocycles. The lowest BCUT2D eigenvalue weighted by Crippen LogP contribution is -2.13. The smallest absolute Gasteiger partial charge is 0.0390 e. The summed E-state index contributed by atoms with van der Waals surface area (Å²) in [5, 5.41) is 0. The minimum absolute atomic E-state index is 0.0768. The summed E-state index contributed by atoms with van der Waals surface area (Å²) >= 11 is 5.24. The summed E-state index contributed by atoms with van der Waals surface area (Å²) in [5.74, 6) is 0.893. The van der Waals surface area contributed by atoms with Gasteiger partial charge in [0.2, 0.25) is 0 Å². The Balaban J connectivity index is 1.98. The molecular weight excluding hydrogens is 318 g/mol. The number of benzene rings is 2. The summed E-state index contributed by atoms with van der Waals surface area (Å²) in [6.45, 7) is 4.26. The van der Waals surface area contributed by atoms with Crippen molar-refractivity contribution in [3.8, 4) is 0 Å². The van der Waals surface area contributed by atoms with Crippen LogP contribution in [0.25, 0.3) is 0 Å². The molecule has 1 atom stereocenters. The highest BCUT2D eigenvalue weighted by molar-refractivity contribution is 9.10. The van der Waals surface area contributed by atoms with E-state index in [1.165, 1.54) is 21.6 Å².